The van der Waals surface area contributed by atoms with Gasteiger partial charge in [-0.15, -0.1) is 0 Å². The Morgan fingerprint density at radius 3 is 2.65 bits per heavy atom. The lowest BCUT2D eigenvalue weighted by atomic mass is 9.88. The molecule has 1 aliphatic heterocycles. The van der Waals surface area contributed by atoms with Gasteiger partial charge in [0.25, 0.3) is 0 Å². The third kappa shape index (κ3) is 3.40. The van der Waals surface area contributed by atoms with Crippen molar-refractivity contribution in [3.8, 4) is 11.8 Å². The molecule has 26 heavy (non-hydrogen) atoms. The summed E-state index contributed by atoms with van der Waals surface area (Å²) in [7, 11) is 0. The van der Waals surface area contributed by atoms with Gasteiger partial charge in [0, 0.05) is 13.1 Å². The summed E-state index contributed by atoms with van der Waals surface area (Å²) in [5, 5.41) is 9.61. The molecule has 1 fully saturated rings. The van der Waals surface area contributed by atoms with Crippen LogP contribution >= 0.6 is 11.6 Å². The number of rotatable bonds is 3. The summed E-state index contributed by atoms with van der Waals surface area (Å²) in [5.74, 6) is 0.316. The summed E-state index contributed by atoms with van der Waals surface area (Å²) < 4.78 is 5.38. The number of nitrogens with two attached hydrogens (primary N) is 2. The number of hydrogen-bond acceptors (Lipinski definition) is 8. The summed E-state index contributed by atoms with van der Waals surface area (Å²) >= 11 is 6.02. The van der Waals surface area contributed by atoms with Crippen molar-refractivity contribution < 1.29 is 9.53 Å². The standard InChI is InChI=1S/C17H17ClN6O2/c18-12-3-1-2-4-13(12)26-16(25)17(21)5-7-24(8-6-17)15-11(9-19)14(20)22-10-23-15/h1-4,10H,5-8,21H2,(H2,20,22,23). The molecule has 0 radical (unpaired) electrons. The quantitative estimate of drug-likeness (QED) is 0.611. The third-order valence-electron chi connectivity index (χ3n) is 4.37. The highest BCUT2D eigenvalue weighted by Gasteiger charge is 2.40. The number of carbonyl (C=O) groups is 1. The summed E-state index contributed by atoms with van der Waals surface area (Å²) in [6, 6.07) is 8.74. The lowest BCUT2D eigenvalue weighted by Crippen LogP contribution is -2.57. The zero-order chi connectivity index (χ0) is 18.7. The summed E-state index contributed by atoms with van der Waals surface area (Å²) in [5.41, 5.74) is 11.1. The van der Waals surface area contributed by atoms with Gasteiger partial charge < -0.3 is 21.1 Å². The van der Waals surface area contributed by atoms with Crippen LogP contribution in [0, 0.1) is 11.3 Å². The number of nitrogens with zero attached hydrogens (tertiary/aromatic N) is 4. The van der Waals surface area contributed by atoms with Crippen LogP contribution in [0.2, 0.25) is 5.02 Å². The summed E-state index contributed by atoms with van der Waals surface area (Å²) in [6.07, 6.45) is 1.98. The van der Waals surface area contributed by atoms with Crippen LogP contribution < -0.4 is 21.1 Å². The van der Waals surface area contributed by atoms with E-state index in [0.717, 1.165) is 0 Å². The molecule has 1 aromatic heterocycles. The van der Waals surface area contributed by atoms with Crippen molar-refractivity contribution in [1.29, 1.82) is 5.26 Å². The number of hydrogen-bond donors (Lipinski definition) is 2. The molecule has 0 atom stereocenters. The first kappa shape index (κ1) is 17.9. The van der Waals surface area contributed by atoms with Crippen molar-refractivity contribution >= 4 is 29.2 Å². The Morgan fingerprint density at radius 1 is 1.31 bits per heavy atom. The smallest absolute Gasteiger partial charge is 0.331 e. The fourth-order valence-corrected chi connectivity index (χ4v) is 2.96. The molecule has 0 spiro atoms. The Morgan fingerprint density at radius 2 is 2.00 bits per heavy atom. The van der Waals surface area contributed by atoms with Gasteiger partial charge in [-0.25, -0.2) is 14.8 Å². The highest BCUT2D eigenvalue weighted by Crippen LogP contribution is 2.30. The van der Waals surface area contributed by atoms with E-state index in [9.17, 15) is 10.1 Å². The van der Waals surface area contributed by atoms with Gasteiger partial charge in [0.1, 0.15) is 35.1 Å². The Balaban J connectivity index is 1.71. The number of carbonyl (C=O) groups excluding carboxylic acids is 1. The molecule has 1 saturated heterocycles. The Kier molecular flexibility index (Phi) is 4.93. The maximum Gasteiger partial charge on any atom is 0.331 e. The maximum atomic E-state index is 12.5. The molecule has 134 valence electrons. The average molecular weight is 373 g/mol. The molecule has 0 saturated carbocycles. The monoisotopic (exact) mass is 372 g/mol. The highest BCUT2D eigenvalue weighted by molar-refractivity contribution is 6.32. The predicted octanol–water partition coefficient (Wildman–Crippen LogP) is 1.49. The normalized spacial score (nSPS) is 16.0. The van der Waals surface area contributed by atoms with Gasteiger partial charge in [0.05, 0.1) is 5.02 Å². The number of nitrogen functional groups attached to an aromatic ring is 1. The third-order valence-corrected chi connectivity index (χ3v) is 4.68. The molecule has 0 unspecified atom stereocenters. The molecule has 0 aliphatic carbocycles. The van der Waals surface area contributed by atoms with Crippen molar-refractivity contribution in [1.82, 2.24) is 9.97 Å². The van der Waals surface area contributed by atoms with E-state index in [-0.39, 0.29) is 17.1 Å². The Hall–Kier alpha value is -2.89. The van der Waals surface area contributed by atoms with Crippen LogP contribution in [0.3, 0.4) is 0 Å². The van der Waals surface area contributed by atoms with E-state index in [2.05, 4.69) is 9.97 Å². The molecule has 4 N–H and O–H groups in total. The Bertz CT molecular complexity index is 874. The average Bonchev–Trinajstić information content (AvgIpc) is 2.64. The van der Waals surface area contributed by atoms with E-state index in [4.69, 9.17) is 27.8 Å². The molecule has 2 aromatic rings. The largest absolute Gasteiger partial charge is 0.424 e. The van der Waals surface area contributed by atoms with E-state index in [1.54, 1.807) is 24.3 Å². The van der Waals surface area contributed by atoms with Crippen LogP contribution in [0.1, 0.15) is 18.4 Å². The minimum absolute atomic E-state index is 0.125. The van der Waals surface area contributed by atoms with Gasteiger partial charge in [0.2, 0.25) is 0 Å². The molecule has 1 aliphatic rings. The summed E-state index contributed by atoms with van der Waals surface area (Å²) in [4.78, 5) is 22.4. The van der Waals surface area contributed by atoms with Gasteiger partial charge in [0.15, 0.2) is 5.82 Å². The molecule has 1 aromatic carbocycles. The topological polar surface area (TPSA) is 131 Å². The first-order valence-electron chi connectivity index (χ1n) is 7.96. The molecular formula is C17H17ClN6O2. The van der Waals surface area contributed by atoms with E-state index >= 15 is 0 Å². The van der Waals surface area contributed by atoms with E-state index in [0.29, 0.717) is 36.8 Å². The first-order valence-corrected chi connectivity index (χ1v) is 8.33. The second kappa shape index (κ2) is 7.15. The second-order valence-electron chi connectivity index (χ2n) is 6.03. The number of esters is 1. The molecule has 8 nitrogen and oxygen atoms in total. The number of anilines is 2. The van der Waals surface area contributed by atoms with Gasteiger partial charge >= 0.3 is 5.97 Å². The van der Waals surface area contributed by atoms with Crippen molar-refractivity contribution in [2.75, 3.05) is 23.7 Å². The Labute approximate surface area is 155 Å². The van der Waals surface area contributed by atoms with E-state index < -0.39 is 11.5 Å². The fraction of sp³-hybridized carbons (Fsp3) is 0.294. The molecule has 3 rings (SSSR count). The zero-order valence-electron chi connectivity index (χ0n) is 13.9. The van der Waals surface area contributed by atoms with Crippen LogP contribution in [0.25, 0.3) is 0 Å². The van der Waals surface area contributed by atoms with Crippen LogP contribution in [0.5, 0.6) is 5.75 Å². The van der Waals surface area contributed by atoms with Crippen molar-refractivity contribution in [3.05, 3.63) is 41.2 Å². The number of para-hydroxylation sites is 1. The second-order valence-corrected chi connectivity index (χ2v) is 6.44. The molecular weight excluding hydrogens is 356 g/mol. The van der Waals surface area contributed by atoms with Crippen molar-refractivity contribution in [3.63, 3.8) is 0 Å². The fourth-order valence-electron chi connectivity index (χ4n) is 2.79. The minimum Gasteiger partial charge on any atom is -0.424 e. The highest BCUT2D eigenvalue weighted by atomic mass is 35.5. The van der Waals surface area contributed by atoms with Gasteiger partial charge in [-0.2, -0.15) is 5.26 Å². The van der Waals surface area contributed by atoms with Gasteiger partial charge in [-0.3, -0.25) is 0 Å². The van der Waals surface area contributed by atoms with E-state index in [1.807, 2.05) is 11.0 Å². The van der Waals surface area contributed by atoms with Crippen molar-refractivity contribution in [2.45, 2.75) is 18.4 Å². The number of nitriles is 1. The molecule has 0 bridgehead atoms. The number of halogens is 1. The first-order chi connectivity index (χ1) is 12.4. The minimum atomic E-state index is -1.14. The van der Waals surface area contributed by atoms with Crippen LogP contribution in [0.15, 0.2) is 30.6 Å². The molecule has 9 heteroatoms. The van der Waals surface area contributed by atoms with Crippen molar-refractivity contribution in [2.24, 2.45) is 5.73 Å². The number of ether oxygens (including phenoxy) is 1. The number of aromatic nitrogens is 2. The SMILES string of the molecule is N#Cc1c(N)ncnc1N1CCC(N)(C(=O)Oc2ccccc2Cl)CC1. The van der Waals surface area contributed by atoms with Crippen LogP contribution in [-0.2, 0) is 4.79 Å². The molecule has 0 amide bonds. The number of piperidine rings is 1. The van der Waals surface area contributed by atoms with Gasteiger partial charge in [-0.05, 0) is 25.0 Å². The number of benzene rings is 1. The van der Waals surface area contributed by atoms with Gasteiger partial charge in [-0.1, -0.05) is 23.7 Å². The predicted molar refractivity (Wildman–Crippen MR) is 96.6 cm³/mol. The summed E-state index contributed by atoms with van der Waals surface area (Å²) in [6.45, 7) is 0.860. The maximum absolute atomic E-state index is 12.5. The van der Waals surface area contributed by atoms with Crippen LogP contribution in [-0.4, -0.2) is 34.6 Å². The zero-order valence-corrected chi connectivity index (χ0v) is 14.6. The lowest BCUT2D eigenvalue weighted by Gasteiger charge is -2.38. The molecule has 2 heterocycles. The lowest BCUT2D eigenvalue weighted by molar-refractivity contribution is -0.141. The van der Waals surface area contributed by atoms with E-state index in [1.165, 1.54) is 6.33 Å². The van der Waals surface area contributed by atoms with Crippen LogP contribution in [0.4, 0.5) is 11.6 Å².